The molecule has 6 nitrogen and oxygen atoms in total. The molecule has 2 unspecified atom stereocenters. The summed E-state index contributed by atoms with van der Waals surface area (Å²) in [4.78, 5) is 6.73. The summed E-state index contributed by atoms with van der Waals surface area (Å²) in [7, 11) is 2.07. The number of hydrogen-bond donors (Lipinski definition) is 1. The van der Waals surface area contributed by atoms with Crippen LogP contribution in [0.3, 0.4) is 0 Å². The van der Waals surface area contributed by atoms with Crippen LogP contribution >= 0.6 is 11.6 Å². The number of hydrogen-bond acceptors (Lipinski definition) is 6. The van der Waals surface area contributed by atoms with Crippen LogP contribution in [0.25, 0.3) is 0 Å². The highest BCUT2D eigenvalue weighted by molar-refractivity contribution is 6.31. The summed E-state index contributed by atoms with van der Waals surface area (Å²) in [5.41, 5.74) is 0.970. The van der Waals surface area contributed by atoms with Crippen LogP contribution in [0.4, 0.5) is 0 Å². The largest absolute Gasteiger partial charge is 0.481 e. The fraction of sp³-hybridized carbons (Fsp3) is 0.500. The van der Waals surface area contributed by atoms with Crippen molar-refractivity contribution >= 4 is 11.6 Å². The van der Waals surface area contributed by atoms with Gasteiger partial charge in [-0.15, -0.1) is 0 Å². The molecule has 1 aromatic carbocycles. The Hall–Kier alpha value is -1.63. The third-order valence-corrected chi connectivity index (χ3v) is 4.48. The molecule has 0 amide bonds. The van der Waals surface area contributed by atoms with Gasteiger partial charge in [0.25, 0.3) is 5.89 Å². The van der Waals surface area contributed by atoms with Crippen LogP contribution in [-0.4, -0.2) is 41.7 Å². The molecule has 7 heteroatoms. The zero-order chi connectivity index (χ0) is 16.4. The maximum Gasteiger partial charge on any atom is 0.267 e. The molecule has 0 spiro atoms. The van der Waals surface area contributed by atoms with E-state index in [0.29, 0.717) is 11.7 Å². The molecule has 2 heterocycles. The monoisotopic (exact) mass is 336 g/mol. The Bertz CT molecular complexity index is 676. The van der Waals surface area contributed by atoms with E-state index in [1.165, 1.54) is 0 Å². The van der Waals surface area contributed by atoms with Crippen molar-refractivity contribution in [3.8, 4) is 5.75 Å². The van der Waals surface area contributed by atoms with Gasteiger partial charge in [-0.25, -0.2) is 0 Å². The highest BCUT2D eigenvalue weighted by Gasteiger charge is 2.26. The molecule has 0 bridgehead atoms. The van der Waals surface area contributed by atoms with Crippen molar-refractivity contribution < 1.29 is 9.26 Å². The predicted octanol–water partition coefficient (Wildman–Crippen LogP) is 2.75. The first kappa shape index (κ1) is 16.2. The van der Waals surface area contributed by atoms with Crippen LogP contribution in [0.1, 0.15) is 36.3 Å². The molecule has 1 aromatic heterocycles. The Morgan fingerprint density at radius 3 is 3.04 bits per heavy atom. The van der Waals surface area contributed by atoms with Crippen molar-refractivity contribution in [3.05, 3.63) is 40.5 Å². The number of rotatable bonds is 4. The molecule has 0 saturated carbocycles. The average molecular weight is 337 g/mol. The summed E-state index contributed by atoms with van der Waals surface area (Å²) in [5.74, 6) is 1.90. The maximum absolute atomic E-state index is 6.03. The zero-order valence-electron chi connectivity index (χ0n) is 13.5. The Morgan fingerprint density at radius 1 is 1.48 bits per heavy atom. The van der Waals surface area contributed by atoms with Gasteiger partial charge in [0.1, 0.15) is 5.75 Å². The van der Waals surface area contributed by atoms with Crippen molar-refractivity contribution in [1.29, 1.82) is 0 Å². The van der Waals surface area contributed by atoms with E-state index in [9.17, 15) is 0 Å². The van der Waals surface area contributed by atoms with Crippen LogP contribution < -0.4 is 10.1 Å². The average Bonchev–Trinajstić information content (AvgIpc) is 3.01. The summed E-state index contributed by atoms with van der Waals surface area (Å²) < 4.78 is 11.3. The summed E-state index contributed by atoms with van der Waals surface area (Å²) in [6.45, 7) is 6.60. The van der Waals surface area contributed by atoms with E-state index in [1.54, 1.807) is 0 Å². The van der Waals surface area contributed by atoms with Crippen molar-refractivity contribution in [3.63, 3.8) is 0 Å². The summed E-state index contributed by atoms with van der Waals surface area (Å²) >= 11 is 6.03. The molecule has 1 fully saturated rings. The molecular formula is C16H21ClN4O2. The second-order valence-electron chi connectivity index (χ2n) is 5.86. The number of halogens is 1. The molecule has 0 radical (unpaired) electrons. The van der Waals surface area contributed by atoms with Crippen molar-refractivity contribution in [1.82, 2.24) is 20.4 Å². The highest BCUT2D eigenvalue weighted by atomic mass is 35.5. The second-order valence-corrected chi connectivity index (χ2v) is 6.27. The van der Waals surface area contributed by atoms with Crippen molar-refractivity contribution in [2.24, 2.45) is 0 Å². The summed E-state index contributed by atoms with van der Waals surface area (Å²) in [6, 6.07) is 5.68. The molecule has 124 valence electrons. The molecule has 2 atom stereocenters. The van der Waals surface area contributed by atoms with Gasteiger partial charge in [-0.1, -0.05) is 16.8 Å². The lowest BCUT2D eigenvalue weighted by Gasteiger charge is -2.30. The summed E-state index contributed by atoms with van der Waals surface area (Å²) in [6.07, 6.45) is -0.321. The van der Waals surface area contributed by atoms with E-state index in [4.69, 9.17) is 20.9 Å². The van der Waals surface area contributed by atoms with Gasteiger partial charge in [-0.05, 0) is 44.7 Å². The third-order valence-electron chi connectivity index (χ3n) is 4.06. The van der Waals surface area contributed by atoms with E-state index in [0.717, 1.165) is 36.0 Å². The molecule has 1 aliphatic rings. The molecule has 1 aliphatic heterocycles. The van der Waals surface area contributed by atoms with Crippen LogP contribution in [0.15, 0.2) is 22.7 Å². The maximum atomic E-state index is 6.03. The predicted molar refractivity (Wildman–Crippen MR) is 87.8 cm³/mol. The number of aryl methyl sites for hydroxylation is 1. The first-order valence-corrected chi connectivity index (χ1v) is 8.09. The molecule has 1 N–H and O–H groups in total. The minimum absolute atomic E-state index is 0.131. The summed E-state index contributed by atoms with van der Waals surface area (Å²) in [5, 5.41) is 8.18. The van der Waals surface area contributed by atoms with Gasteiger partial charge in [0.2, 0.25) is 0 Å². The van der Waals surface area contributed by atoms with E-state index < -0.39 is 0 Å². The first-order chi connectivity index (χ1) is 11.0. The van der Waals surface area contributed by atoms with Gasteiger partial charge in [-0.3, -0.25) is 4.90 Å². The van der Waals surface area contributed by atoms with Crippen LogP contribution in [-0.2, 0) is 0 Å². The standard InChI is InChI=1S/C16H21ClN4O2/c1-10-8-12(4-5-13(10)17)22-11(2)16-19-15(20-23-16)14-9-18-6-7-21(14)3/h4-5,8,11,14,18H,6-7,9H2,1-3H3. The minimum atomic E-state index is -0.321. The SMILES string of the molecule is Cc1cc(OC(C)c2nc(C3CNCCN3C)no2)ccc1Cl. The van der Waals surface area contributed by atoms with E-state index in [1.807, 2.05) is 32.0 Å². The molecule has 3 rings (SSSR count). The van der Waals surface area contributed by atoms with Crippen molar-refractivity contribution in [2.45, 2.75) is 26.0 Å². The highest BCUT2D eigenvalue weighted by Crippen LogP contribution is 2.26. The third kappa shape index (κ3) is 3.65. The lowest BCUT2D eigenvalue weighted by Crippen LogP contribution is -2.44. The van der Waals surface area contributed by atoms with Gasteiger partial charge in [0.05, 0.1) is 6.04 Å². The first-order valence-electron chi connectivity index (χ1n) is 7.72. The smallest absolute Gasteiger partial charge is 0.267 e. The van der Waals surface area contributed by atoms with E-state index >= 15 is 0 Å². The molecule has 2 aromatic rings. The Balaban J connectivity index is 1.70. The Morgan fingerprint density at radius 2 is 2.30 bits per heavy atom. The number of ether oxygens (including phenoxy) is 1. The molecule has 1 saturated heterocycles. The normalized spacial score (nSPS) is 20.4. The number of likely N-dealkylation sites (N-methyl/N-ethyl adjacent to an activating group) is 1. The van der Waals surface area contributed by atoms with E-state index in [-0.39, 0.29) is 12.1 Å². The molecule has 0 aliphatic carbocycles. The number of nitrogens with zero attached hydrogens (tertiary/aromatic N) is 3. The Kier molecular flexibility index (Phi) is 4.84. The quantitative estimate of drug-likeness (QED) is 0.926. The number of nitrogens with one attached hydrogen (secondary N) is 1. The zero-order valence-corrected chi connectivity index (χ0v) is 14.3. The van der Waals surface area contributed by atoms with Gasteiger partial charge in [0, 0.05) is 24.7 Å². The lowest BCUT2D eigenvalue weighted by atomic mass is 10.2. The Labute approximate surface area is 140 Å². The van der Waals surface area contributed by atoms with Crippen LogP contribution in [0.5, 0.6) is 5.75 Å². The number of aromatic nitrogens is 2. The number of piperazine rings is 1. The van der Waals surface area contributed by atoms with Crippen molar-refractivity contribution in [2.75, 3.05) is 26.7 Å². The minimum Gasteiger partial charge on any atom is -0.481 e. The second kappa shape index (κ2) is 6.86. The van der Waals surface area contributed by atoms with Gasteiger partial charge in [0.15, 0.2) is 11.9 Å². The fourth-order valence-corrected chi connectivity index (χ4v) is 2.70. The fourth-order valence-electron chi connectivity index (χ4n) is 2.59. The van der Waals surface area contributed by atoms with Crippen LogP contribution in [0.2, 0.25) is 5.02 Å². The van der Waals surface area contributed by atoms with E-state index in [2.05, 4.69) is 27.4 Å². The topological polar surface area (TPSA) is 63.4 Å². The number of benzene rings is 1. The molecule has 23 heavy (non-hydrogen) atoms. The van der Waals surface area contributed by atoms with Crippen LogP contribution in [0, 0.1) is 6.92 Å². The van der Waals surface area contributed by atoms with Gasteiger partial charge < -0.3 is 14.6 Å². The van der Waals surface area contributed by atoms with Gasteiger partial charge >= 0.3 is 0 Å². The lowest BCUT2D eigenvalue weighted by molar-refractivity contribution is 0.173. The van der Waals surface area contributed by atoms with Gasteiger partial charge in [-0.2, -0.15) is 4.98 Å². The molecular weight excluding hydrogens is 316 g/mol.